The van der Waals surface area contributed by atoms with Gasteiger partial charge in [0, 0.05) is 31.6 Å². The molecular formula is C23H29N5O3. The van der Waals surface area contributed by atoms with Gasteiger partial charge in [0.1, 0.15) is 5.69 Å². The normalized spacial score (nSPS) is 15.0. The highest BCUT2D eigenvalue weighted by Crippen LogP contribution is 2.28. The molecule has 4 rings (SSSR count). The number of carbonyl (C=O) groups is 2. The van der Waals surface area contributed by atoms with Gasteiger partial charge in [0.2, 0.25) is 5.91 Å². The number of pyridine rings is 1. The van der Waals surface area contributed by atoms with Crippen LogP contribution in [-0.2, 0) is 4.79 Å². The van der Waals surface area contributed by atoms with Gasteiger partial charge in [-0.15, -0.1) is 0 Å². The third kappa shape index (κ3) is 4.19. The van der Waals surface area contributed by atoms with E-state index in [1.807, 2.05) is 36.4 Å². The van der Waals surface area contributed by atoms with E-state index >= 15 is 0 Å². The van der Waals surface area contributed by atoms with Crippen molar-refractivity contribution in [3.05, 3.63) is 36.2 Å². The number of likely N-dealkylation sites (tertiary alicyclic amines) is 1. The molecule has 1 fully saturated rings. The van der Waals surface area contributed by atoms with Crippen LogP contribution < -0.4 is 5.32 Å². The summed E-state index contributed by atoms with van der Waals surface area (Å²) in [5.74, 6) is 0.615. The number of nitrogens with zero attached hydrogens (tertiary/aromatic N) is 4. The van der Waals surface area contributed by atoms with Crippen LogP contribution in [0.4, 0.5) is 0 Å². The Kier molecular flexibility index (Phi) is 6.06. The lowest BCUT2D eigenvalue weighted by atomic mass is 9.95. The highest BCUT2D eigenvalue weighted by Gasteiger charge is 2.29. The predicted octanol–water partition coefficient (Wildman–Crippen LogP) is 3.65. The minimum absolute atomic E-state index is 0.0320. The fourth-order valence-electron chi connectivity index (χ4n) is 4.03. The fourth-order valence-corrected chi connectivity index (χ4v) is 4.03. The summed E-state index contributed by atoms with van der Waals surface area (Å²) in [6.45, 7) is 7.91. The quantitative estimate of drug-likeness (QED) is 0.653. The number of hydrogen-bond donors (Lipinski definition) is 1. The van der Waals surface area contributed by atoms with Crippen molar-refractivity contribution < 1.29 is 14.0 Å². The average molecular weight is 424 g/mol. The number of rotatable bonds is 6. The average Bonchev–Trinajstić information content (AvgIpc) is 3.46. The summed E-state index contributed by atoms with van der Waals surface area (Å²) in [5.41, 5.74) is 1.84. The molecule has 0 unspecified atom stereocenters. The van der Waals surface area contributed by atoms with Crippen LogP contribution in [0.5, 0.6) is 0 Å². The maximum Gasteiger partial charge on any atom is 0.254 e. The second-order valence-electron chi connectivity index (χ2n) is 8.31. The monoisotopic (exact) mass is 423 g/mol. The third-order valence-corrected chi connectivity index (χ3v) is 5.76. The minimum Gasteiger partial charge on any atom is -0.463 e. The predicted molar refractivity (Wildman–Crippen MR) is 118 cm³/mol. The molecule has 0 aromatic carbocycles. The van der Waals surface area contributed by atoms with Crippen molar-refractivity contribution in [1.82, 2.24) is 25.0 Å². The second kappa shape index (κ2) is 8.91. The molecular weight excluding hydrogens is 394 g/mol. The summed E-state index contributed by atoms with van der Waals surface area (Å²) in [4.78, 5) is 32.3. The van der Waals surface area contributed by atoms with Crippen LogP contribution in [0.15, 0.2) is 35.1 Å². The lowest BCUT2D eigenvalue weighted by Gasteiger charge is -2.31. The first kappa shape index (κ1) is 21.1. The zero-order valence-corrected chi connectivity index (χ0v) is 18.3. The molecule has 0 radical (unpaired) electrons. The van der Waals surface area contributed by atoms with E-state index in [1.165, 1.54) is 0 Å². The number of furan rings is 1. The van der Waals surface area contributed by atoms with Crippen molar-refractivity contribution in [3.8, 4) is 11.5 Å². The first-order valence-corrected chi connectivity index (χ1v) is 11.0. The van der Waals surface area contributed by atoms with E-state index in [9.17, 15) is 9.59 Å². The molecule has 0 spiro atoms. The maximum absolute atomic E-state index is 13.5. The summed E-state index contributed by atoms with van der Waals surface area (Å²) >= 11 is 0. The topological polar surface area (TPSA) is 93.3 Å². The Balaban J connectivity index is 1.61. The van der Waals surface area contributed by atoms with E-state index in [1.54, 1.807) is 24.6 Å². The van der Waals surface area contributed by atoms with E-state index in [-0.39, 0.29) is 23.8 Å². The molecule has 1 aliphatic rings. The number of piperidine rings is 1. The Labute approximate surface area is 181 Å². The molecule has 1 N–H and O–H groups in total. The van der Waals surface area contributed by atoms with Crippen LogP contribution in [0.3, 0.4) is 0 Å². The van der Waals surface area contributed by atoms with Crippen LogP contribution in [0.2, 0.25) is 0 Å². The highest BCUT2D eigenvalue weighted by atomic mass is 16.3. The van der Waals surface area contributed by atoms with Crippen LogP contribution >= 0.6 is 0 Å². The third-order valence-electron chi connectivity index (χ3n) is 5.76. The summed E-state index contributed by atoms with van der Waals surface area (Å²) in [7, 11) is 0. The lowest BCUT2D eigenvalue weighted by Crippen LogP contribution is -2.43. The van der Waals surface area contributed by atoms with Gasteiger partial charge < -0.3 is 14.6 Å². The van der Waals surface area contributed by atoms with Crippen LogP contribution in [0, 0.1) is 5.92 Å². The molecule has 3 aromatic heterocycles. The zero-order valence-electron chi connectivity index (χ0n) is 18.3. The van der Waals surface area contributed by atoms with E-state index in [0.717, 1.165) is 11.8 Å². The number of carbonyl (C=O) groups excluding carboxylic acids is 2. The summed E-state index contributed by atoms with van der Waals surface area (Å²) in [6.07, 6.45) is 5.57. The zero-order chi connectivity index (χ0) is 22.0. The van der Waals surface area contributed by atoms with Gasteiger partial charge >= 0.3 is 0 Å². The van der Waals surface area contributed by atoms with Crippen LogP contribution in [0.1, 0.15) is 56.4 Å². The standard InChI is InChI=1S/C23H29N5O3/c1-4-9-24-22(29)16-7-10-27(11-8-16)23(30)17-13-19(20-6-5-12-31-20)26-21-18(17)14-25-28(21)15(2)3/h5-6,12-16H,4,7-11H2,1-3H3,(H,24,29). The second-order valence-corrected chi connectivity index (χ2v) is 8.31. The van der Waals surface area contributed by atoms with Crippen LogP contribution in [0.25, 0.3) is 22.5 Å². The first-order valence-electron chi connectivity index (χ1n) is 11.0. The van der Waals surface area contributed by atoms with Crippen molar-refractivity contribution in [3.63, 3.8) is 0 Å². The number of aromatic nitrogens is 3. The van der Waals surface area contributed by atoms with Crippen molar-refractivity contribution in [2.24, 2.45) is 5.92 Å². The van der Waals surface area contributed by atoms with E-state index in [4.69, 9.17) is 9.40 Å². The number of hydrogen-bond acceptors (Lipinski definition) is 5. The summed E-state index contributed by atoms with van der Waals surface area (Å²) in [6, 6.07) is 5.53. The Hall–Kier alpha value is -3.16. The Morgan fingerprint density at radius 3 is 2.71 bits per heavy atom. The molecule has 0 bridgehead atoms. The van der Waals surface area contributed by atoms with Crippen LogP contribution in [-0.4, -0.2) is 51.1 Å². The van der Waals surface area contributed by atoms with E-state index < -0.39 is 0 Å². The molecule has 4 heterocycles. The van der Waals surface area contributed by atoms with Gasteiger partial charge in [-0.25, -0.2) is 9.67 Å². The van der Waals surface area contributed by atoms with Gasteiger partial charge in [-0.3, -0.25) is 9.59 Å². The first-order chi connectivity index (χ1) is 15.0. The van der Waals surface area contributed by atoms with Gasteiger partial charge in [-0.05, 0) is 51.3 Å². The highest BCUT2D eigenvalue weighted by molar-refractivity contribution is 6.06. The largest absolute Gasteiger partial charge is 0.463 e. The molecule has 0 atom stereocenters. The molecule has 164 valence electrons. The fraction of sp³-hybridized carbons (Fsp3) is 0.478. The molecule has 0 aliphatic carbocycles. The molecule has 31 heavy (non-hydrogen) atoms. The lowest BCUT2D eigenvalue weighted by molar-refractivity contribution is -0.126. The van der Waals surface area contributed by atoms with Crippen molar-refractivity contribution in [2.75, 3.05) is 19.6 Å². The molecule has 3 aromatic rings. The molecule has 8 heteroatoms. The summed E-state index contributed by atoms with van der Waals surface area (Å²) < 4.78 is 7.36. The smallest absolute Gasteiger partial charge is 0.254 e. The molecule has 0 saturated carbocycles. The maximum atomic E-state index is 13.5. The van der Waals surface area contributed by atoms with E-state index in [2.05, 4.69) is 10.4 Å². The molecule has 2 amide bonds. The molecule has 8 nitrogen and oxygen atoms in total. The molecule has 1 saturated heterocycles. The Morgan fingerprint density at radius 1 is 1.29 bits per heavy atom. The van der Waals surface area contributed by atoms with Crippen molar-refractivity contribution >= 4 is 22.8 Å². The Bertz CT molecular complexity index is 1060. The van der Waals surface area contributed by atoms with E-state index in [0.29, 0.717) is 55.1 Å². The number of amides is 2. The number of nitrogens with one attached hydrogen (secondary N) is 1. The SMILES string of the molecule is CCCNC(=O)C1CCN(C(=O)c2cc(-c3ccco3)nc3c2cnn3C(C)C)CC1. The van der Waals surface area contributed by atoms with Crippen molar-refractivity contribution in [1.29, 1.82) is 0 Å². The minimum atomic E-state index is -0.0593. The number of fused-ring (bicyclic) bond motifs is 1. The molecule has 1 aliphatic heterocycles. The Morgan fingerprint density at radius 2 is 2.06 bits per heavy atom. The van der Waals surface area contributed by atoms with Gasteiger partial charge in [0.25, 0.3) is 5.91 Å². The van der Waals surface area contributed by atoms with Gasteiger partial charge in [0.15, 0.2) is 11.4 Å². The van der Waals surface area contributed by atoms with Gasteiger partial charge in [-0.1, -0.05) is 6.92 Å². The van der Waals surface area contributed by atoms with Gasteiger partial charge in [0.05, 0.1) is 23.4 Å². The van der Waals surface area contributed by atoms with Gasteiger partial charge in [-0.2, -0.15) is 5.10 Å². The van der Waals surface area contributed by atoms with Crippen molar-refractivity contribution in [2.45, 2.75) is 46.1 Å². The summed E-state index contributed by atoms with van der Waals surface area (Å²) in [5, 5.41) is 8.17.